The van der Waals surface area contributed by atoms with Gasteiger partial charge in [0.05, 0.1) is 17.1 Å². The van der Waals surface area contributed by atoms with Crippen LogP contribution in [0.2, 0.25) is 0 Å². The van der Waals surface area contributed by atoms with Gasteiger partial charge in [-0.3, -0.25) is 14.9 Å². The monoisotopic (exact) mass is 240 g/mol. The minimum absolute atomic E-state index is 0.0284. The first-order valence-corrected chi connectivity index (χ1v) is 4.92. The van der Waals surface area contributed by atoms with Crippen LogP contribution in [0.5, 0.6) is 0 Å². The zero-order valence-electron chi connectivity index (χ0n) is 9.72. The van der Waals surface area contributed by atoms with E-state index in [1.807, 2.05) is 0 Å². The van der Waals surface area contributed by atoms with Crippen molar-refractivity contribution in [3.63, 3.8) is 0 Å². The standard InChI is InChI=1S/C10H12N2O5/c1-4-17-10(14)7-5-8(12(15)16)9(13)11(3)6(7)2/h5H,4H2,1-3H3. The van der Waals surface area contributed by atoms with Crippen LogP contribution in [0.4, 0.5) is 5.69 Å². The second-order valence-electron chi connectivity index (χ2n) is 3.37. The van der Waals surface area contributed by atoms with E-state index in [4.69, 9.17) is 4.74 Å². The highest BCUT2D eigenvalue weighted by molar-refractivity contribution is 5.91. The van der Waals surface area contributed by atoms with Gasteiger partial charge in [-0.15, -0.1) is 0 Å². The Labute approximate surface area is 96.8 Å². The highest BCUT2D eigenvalue weighted by Gasteiger charge is 2.22. The summed E-state index contributed by atoms with van der Waals surface area (Å²) in [6.07, 6.45) is 0. The molecule has 17 heavy (non-hydrogen) atoms. The molecule has 1 rings (SSSR count). The summed E-state index contributed by atoms with van der Waals surface area (Å²) >= 11 is 0. The Balaban J connectivity index is 3.47. The van der Waals surface area contributed by atoms with Crippen molar-refractivity contribution in [1.82, 2.24) is 4.57 Å². The number of hydrogen-bond donors (Lipinski definition) is 0. The Bertz CT molecular complexity index is 532. The van der Waals surface area contributed by atoms with E-state index < -0.39 is 22.1 Å². The Morgan fingerprint density at radius 3 is 2.65 bits per heavy atom. The van der Waals surface area contributed by atoms with E-state index in [9.17, 15) is 19.7 Å². The van der Waals surface area contributed by atoms with Gasteiger partial charge in [0.1, 0.15) is 0 Å². The van der Waals surface area contributed by atoms with E-state index in [0.717, 1.165) is 10.6 Å². The third kappa shape index (κ3) is 2.32. The molecular weight excluding hydrogens is 228 g/mol. The Hall–Kier alpha value is -2.18. The lowest BCUT2D eigenvalue weighted by Crippen LogP contribution is -2.25. The Morgan fingerprint density at radius 2 is 2.18 bits per heavy atom. The molecule has 0 aromatic carbocycles. The molecule has 92 valence electrons. The molecule has 0 saturated heterocycles. The number of hydrogen-bond acceptors (Lipinski definition) is 5. The van der Waals surface area contributed by atoms with Crippen molar-refractivity contribution < 1.29 is 14.5 Å². The van der Waals surface area contributed by atoms with Crippen LogP contribution < -0.4 is 5.56 Å². The molecular formula is C10H12N2O5. The lowest BCUT2D eigenvalue weighted by molar-refractivity contribution is -0.386. The molecule has 0 N–H and O–H groups in total. The van der Waals surface area contributed by atoms with Crippen LogP contribution in [0, 0.1) is 17.0 Å². The first-order chi connectivity index (χ1) is 7.90. The number of nitro groups is 1. The van der Waals surface area contributed by atoms with E-state index in [1.54, 1.807) is 6.92 Å². The normalized spacial score (nSPS) is 10.1. The Morgan fingerprint density at radius 1 is 1.59 bits per heavy atom. The molecule has 0 atom stereocenters. The summed E-state index contributed by atoms with van der Waals surface area (Å²) in [6.45, 7) is 3.32. The van der Waals surface area contributed by atoms with Gasteiger partial charge in [-0.25, -0.2) is 4.79 Å². The molecule has 0 fully saturated rings. The molecule has 0 saturated carbocycles. The fourth-order valence-electron chi connectivity index (χ4n) is 1.35. The number of esters is 1. The summed E-state index contributed by atoms with van der Waals surface area (Å²) in [5, 5.41) is 10.7. The van der Waals surface area contributed by atoms with Gasteiger partial charge in [-0.2, -0.15) is 0 Å². The van der Waals surface area contributed by atoms with Crippen molar-refractivity contribution in [3.05, 3.63) is 37.8 Å². The first kappa shape index (κ1) is 12.9. The first-order valence-electron chi connectivity index (χ1n) is 4.92. The molecule has 0 aliphatic heterocycles. The summed E-state index contributed by atoms with van der Waals surface area (Å²) in [6, 6.07) is 0.954. The molecule has 0 bridgehead atoms. The van der Waals surface area contributed by atoms with Gasteiger partial charge in [0.2, 0.25) is 0 Å². The van der Waals surface area contributed by atoms with Crippen LogP contribution in [0.3, 0.4) is 0 Å². The number of carbonyl (C=O) groups is 1. The third-order valence-corrected chi connectivity index (χ3v) is 2.39. The second kappa shape index (κ2) is 4.77. The second-order valence-corrected chi connectivity index (χ2v) is 3.37. The van der Waals surface area contributed by atoms with Gasteiger partial charge in [-0.05, 0) is 13.8 Å². The van der Waals surface area contributed by atoms with E-state index in [1.165, 1.54) is 14.0 Å². The molecule has 0 radical (unpaired) electrons. The topological polar surface area (TPSA) is 91.4 Å². The molecule has 0 aliphatic rings. The average molecular weight is 240 g/mol. The molecule has 7 heteroatoms. The zero-order valence-corrected chi connectivity index (χ0v) is 9.72. The minimum atomic E-state index is -0.815. The van der Waals surface area contributed by atoms with Crippen LogP contribution in [-0.2, 0) is 11.8 Å². The SMILES string of the molecule is CCOC(=O)c1cc([N+](=O)[O-])c(=O)n(C)c1C. The fraction of sp³-hybridized carbons (Fsp3) is 0.400. The van der Waals surface area contributed by atoms with Crippen molar-refractivity contribution in [2.24, 2.45) is 7.05 Å². The Kier molecular flexibility index (Phi) is 3.62. The summed E-state index contributed by atoms with van der Waals surface area (Å²) < 4.78 is 5.82. The minimum Gasteiger partial charge on any atom is -0.462 e. The predicted octanol–water partition coefficient (Wildman–Crippen LogP) is 0.779. The van der Waals surface area contributed by atoms with E-state index in [0.29, 0.717) is 5.69 Å². The summed E-state index contributed by atoms with van der Waals surface area (Å²) in [4.78, 5) is 32.9. The average Bonchev–Trinajstić information content (AvgIpc) is 2.26. The van der Waals surface area contributed by atoms with E-state index >= 15 is 0 Å². The molecule has 0 unspecified atom stereocenters. The van der Waals surface area contributed by atoms with Gasteiger partial charge >= 0.3 is 17.2 Å². The highest BCUT2D eigenvalue weighted by Crippen LogP contribution is 2.13. The van der Waals surface area contributed by atoms with Crippen LogP contribution in [0.1, 0.15) is 23.0 Å². The maximum Gasteiger partial charge on any atom is 0.340 e. The van der Waals surface area contributed by atoms with Gasteiger partial charge in [0, 0.05) is 18.8 Å². The summed E-state index contributed by atoms with van der Waals surface area (Å²) in [5.41, 5.74) is -1.03. The van der Waals surface area contributed by atoms with Crippen molar-refractivity contribution in [2.45, 2.75) is 13.8 Å². The zero-order chi connectivity index (χ0) is 13.2. The quantitative estimate of drug-likeness (QED) is 0.442. The van der Waals surface area contributed by atoms with Crippen LogP contribution in [0.25, 0.3) is 0 Å². The van der Waals surface area contributed by atoms with Crippen LogP contribution in [0.15, 0.2) is 10.9 Å². The maximum absolute atomic E-state index is 11.5. The molecule has 0 amide bonds. The van der Waals surface area contributed by atoms with Crippen molar-refractivity contribution in [2.75, 3.05) is 6.61 Å². The van der Waals surface area contributed by atoms with Gasteiger partial charge < -0.3 is 9.30 Å². The van der Waals surface area contributed by atoms with E-state index in [-0.39, 0.29) is 12.2 Å². The molecule has 1 aromatic heterocycles. The molecule has 0 aliphatic carbocycles. The number of rotatable bonds is 3. The number of nitrogens with zero attached hydrogens (tertiary/aromatic N) is 2. The summed E-state index contributed by atoms with van der Waals surface area (Å²) in [7, 11) is 1.37. The smallest absolute Gasteiger partial charge is 0.340 e. The predicted molar refractivity (Wildman–Crippen MR) is 59.0 cm³/mol. The lowest BCUT2D eigenvalue weighted by atomic mass is 10.2. The van der Waals surface area contributed by atoms with Crippen LogP contribution >= 0.6 is 0 Å². The summed E-state index contributed by atoms with van der Waals surface area (Å²) in [5.74, 6) is -0.677. The van der Waals surface area contributed by atoms with Gasteiger partial charge in [-0.1, -0.05) is 0 Å². The largest absolute Gasteiger partial charge is 0.462 e. The van der Waals surface area contributed by atoms with Crippen molar-refractivity contribution >= 4 is 11.7 Å². The molecule has 1 aromatic rings. The fourth-order valence-corrected chi connectivity index (χ4v) is 1.35. The number of ether oxygens (including phenoxy) is 1. The highest BCUT2D eigenvalue weighted by atomic mass is 16.6. The molecule has 7 nitrogen and oxygen atoms in total. The van der Waals surface area contributed by atoms with Crippen molar-refractivity contribution in [1.29, 1.82) is 0 Å². The molecule has 0 spiro atoms. The van der Waals surface area contributed by atoms with Crippen LogP contribution in [-0.4, -0.2) is 22.1 Å². The van der Waals surface area contributed by atoms with E-state index in [2.05, 4.69) is 0 Å². The number of carbonyl (C=O) groups excluding carboxylic acids is 1. The van der Waals surface area contributed by atoms with Gasteiger partial charge in [0.15, 0.2) is 0 Å². The molecule has 1 heterocycles. The van der Waals surface area contributed by atoms with Crippen molar-refractivity contribution in [3.8, 4) is 0 Å². The number of aromatic nitrogens is 1. The third-order valence-electron chi connectivity index (χ3n) is 2.39. The lowest BCUT2D eigenvalue weighted by Gasteiger charge is -2.09. The number of pyridine rings is 1. The van der Waals surface area contributed by atoms with Gasteiger partial charge in [0.25, 0.3) is 0 Å². The maximum atomic E-state index is 11.5.